The van der Waals surface area contributed by atoms with E-state index in [0.717, 1.165) is 16.9 Å². The van der Waals surface area contributed by atoms with Gasteiger partial charge in [0.05, 0.1) is 5.69 Å². The number of carboxylic acid groups (broad SMARTS) is 1. The summed E-state index contributed by atoms with van der Waals surface area (Å²) in [4.78, 5) is 12.3. The summed E-state index contributed by atoms with van der Waals surface area (Å²) in [6.45, 7) is 2.01. The molecule has 0 spiro atoms. The van der Waals surface area contributed by atoms with E-state index in [1.807, 2.05) is 6.92 Å². The highest BCUT2D eigenvalue weighted by atomic mass is 32.2. The number of aryl methyl sites for hydroxylation is 1. The molecule has 1 aliphatic heterocycles. The summed E-state index contributed by atoms with van der Waals surface area (Å²) in [6, 6.07) is 4.62. The first-order valence-corrected chi connectivity index (χ1v) is 7.17. The Kier molecular flexibility index (Phi) is 3.05. The van der Waals surface area contributed by atoms with Crippen molar-refractivity contribution >= 4 is 17.7 Å². The third kappa shape index (κ3) is 1.83. The minimum atomic E-state index is -1.04. The van der Waals surface area contributed by atoms with Crippen molar-refractivity contribution in [3.05, 3.63) is 35.3 Å². The summed E-state index contributed by atoms with van der Waals surface area (Å²) < 4.78 is 15.1. The molecule has 104 valence electrons. The zero-order valence-corrected chi connectivity index (χ0v) is 11.9. The quantitative estimate of drug-likeness (QED) is 0.920. The van der Waals surface area contributed by atoms with Crippen LogP contribution in [0.3, 0.4) is 0 Å². The summed E-state index contributed by atoms with van der Waals surface area (Å²) in [5, 5.41) is 13.4. The molecule has 2 heterocycles. The number of hydrogen-bond acceptors (Lipinski definition) is 3. The molecule has 0 fully saturated rings. The van der Waals surface area contributed by atoms with E-state index in [-0.39, 0.29) is 16.8 Å². The molecule has 20 heavy (non-hydrogen) atoms. The second-order valence-corrected chi connectivity index (χ2v) is 5.94. The highest BCUT2D eigenvalue weighted by molar-refractivity contribution is 7.99. The van der Waals surface area contributed by atoms with Crippen LogP contribution >= 0.6 is 11.8 Å². The molecule has 1 aliphatic rings. The normalized spacial score (nSPS) is 16.6. The summed E-state index contributed by atoms with van der Waals surface area (Å²) in [5.41, 5.74) is 2.20. The van der Waals surface area contributed by atoms with Gasteiger partial charge in [-0.2, -0.15) is 5.10 Å². The van der Waals surface area contributed by atoms with Gasteiger partial charge in [0.1, 0.15) is 5.82 Å². The molecular weight excluding hydrogens is 279 g/mol. The number of halogens is 1. The third-order valence-electron chi connectivity index (χ3n) is 3.45. The molecule has 1 aromatic carbocycles. The number of hydrogen-bond donors (Lipinski definition) is 1. The van der Waals surface area contributed by atoms with Crippen LogP contribution in [0.25, 0.3) is 11.3 Å². The smallest absolute Gasteiger partial charge is 0.356 e. The Morgan fingerprint density at radius 3 is 2.95 bits per heavy atom. The summed E-state index contributed by atoms with van der Waals surface area (Å²) >= 11 is 1.57. The van der Waals surface area contributed by atoms with Gasteiger partial charge in [0.25, 0.3) is 0 Å². The number of aromatic carboxylic acids is 1. The molecule has 1 N–H and O–H groups in total. The SMILES string of the molecule is CCC1Sc2ccc(F)cc2-c2c1c(C(=O)O)nn2C. The summed E-state index contributed by atoms with van der Waals surface area (Å²) in [5.74, 6) is -1.37. The zero-order chi connectivity index (χ0) is 14.4. The van der Waals surface area contributed by atoms with E-state index < -0.39 is 5.97 Å². The lowest BCUT2D eigenvalue weighted by Gasteiger charge is -2.24. The Balaban J connectivity index is 2.33. The Bertz CT molecular complexity index is 711. The molecule has 2 aromatic rings. The van der Waals surface area contributed by atoms with Gasteiger partial charge in [-0.3, -0.25) is 4.68 Å². The van der Waals surface area contributed by atoms with Gasteiger partial charge in [0.2, 0.25) is 0 Å². The summed E-state index contributed by atoms with van der Waals surface area (Å²) in [6.07, 6.45) is 0.792. The van der Waals surface area contributed by atoms with Crippen molar-refractivity contribution in [2.75, 3.05) is 0 Å². The minimum Gasteiger partial charge on any atom is -0.476 e. The van der Waals surface area contributed by atoms with Crippen LogP contribution < -0.4 is 0 Å². The Morgan fingerprint density at radius 1 is 1.55 bits per heavy atom. The molecule has 4 nitrogen and oxygen atoms in total. The van der Waals surface area contributed by atoms with Crippen LogP contribution in [0, 0.1) is 5.82 Å². The zero-order valence-electron chi connectivity index (χ0n) is 11.1. The van der Waals surface area contributed by atoms with Gasteiger partial charge in [0.15, 0.2) is 5.69 Å². The topological polar surface area (TPSA) is 55.1 Å². The van der Waals surface area contributed by atoms with Crippen molar-refractivity contribution in [3.63, 3.8) is 0 Å². The maximum absolute atomic E-state index is 13.5. The maximum atomic E-state index is 13.5. The predicted molar refractivity (Wildman–Crippen MR) is 74.5 cm³/mol. The van der Waals surface area contributed by atoms with Crippen LogP contribution in [-0.4, -0.2) is 20.9 Å². The van der Waals surface area contributed by atoms with Crippen molar-refractivity contribution in [1.29, 1.82) is 0 Å². The van der Waals surface area contributed by atoms with Gasteiger partial charge in [-0.25, -0.2) is 9.18 Å². The maximum Gasteiger partial charge on any atom is 0.356 e. The standard InChI is InChI=1S/C14H13FN2O2S/c1-3-9-11-12(14(18)19)16-17(2)13(11)8-6-7(15)4-5-10(8)20-9/h4-6,9H,3H2,1-2H3,(H,18,19). The van der Waals surface area contributed by atoms with E-state index in [9.17, 15) is 14.3 Å². The third-order valence-corrected chi connectivity index (χ3v) is 4.91. The van der Waals surface area contributed by atoms with Crippen molar-refractivity contribution < 1.29 is 14.3 Å². The molecule has 0 saturated carbocycles. The second kappa shape index (κ2) is 4.63. The highest BCUT2D eigenvalue weighted by Crippen LogP contribution is 2.51. The van der Waals surface area contributed by atoms with E-state index >= 15 is 0 Å². The molecule has 6 heteroatoms. The molecular formula is C14H13FN2O2S. The van der Waals surface area contributed by atoms with Gasteiger partial charge < -0.3 is 5.11 Å². The van der Waals surface area contributed by atoms with Crippen LogP contribution in [0.5, 0.6) is 0 Å². The fourth-order valence-corrected chi connectivity index (χ4v) is 3.86. The van der Waals surface area contributed by atoms with Crippen molar-refractivity contribution in [3.8, 4) is 11.3 Å². The monoisotopic (exact) mass is 292 g/mol. The lowest BCUT2D eigenvalue weighted by molar-refractivity contribution is 0.0688. The van der Waals surface area contributed by atoms with E-state index in [2.05, 4.69) is 5.10 Å². The van der Waals surface area contributed by atoms with E-state index in [0.29, 0.717) is 11.3 Å². The fourth-order valence-electron chi connectivity index (χ4n) is 2.61. The summed E-state index contributed by atoms with van der Waals surface area (Å²) in [7, 11) is 1.70. The van der Waals surface area contributed by atoms with Gasteiger partial charge in [0, 0.05) is 28.3 Å². The lowest BCUT2D eigenvalue weighted by Crippen LogP contribution is -2.08. The molecule has 1 unspecified atom stereocenters. The van der Waals surface area contributed by atoms with Crippen LogP contribution in [0.2, 0.25) is 0 Å². The van der Waals surface area contributed by atoms with Crippen LogP contribution in [0.15, 0.2) is 23.1 Å². The fraction of sp³-hybridized carbons (Fsp3) is 0.286. The first kappa shape index (κ1) is 13.2. The first-order chi connectivity index (χ1) is 9.52. The average Bonchev–Trinajstić information content (AvgIpc) is 2.76. The van der Waals surface area contributed by atoms with Crippen molar-refractivity contribution in [2.24, 2.45) is 7.05 Å². The van der Waals surface area contributed by atoms with Crippen molar-refractivity contribution in [2.45, 2.75) is 23.5 Å². The Labute approximate surface area is 119 Å². The number of carboxylic acids is 1. The molecule has 0 radical (unpaired) electrons. The highest BCUT2D eigenvalue weighted by Gasteiger charge is 2.33. The molecule has 0 saturated heterocycles. The molecule has 1 aromatic heterocycles. The van der Waals surface area contributed by atoms with Crippen LogP contribution in [-0.2, 0) is 7.05 Å². The van der Waals surface area contributed by atoms with E-state index in [4.69, 9.17) is 0 Å². The molecule has 0 amide bonds. The molecule has 3 rings (SSSR count). The largest absolute Gasteiger partial charge is 0.476 e. The molecule has 0 aliphatic carbocycles. The Morgan fingerprint density at radius 2 is 2.30 bits per heavy atom. The molecule has 0 bridgehead atoms. The minimum absolute atomic E-state index is 0.0303. The van der Waals surface area contributed by atoms with Crippen molar-refractivity contribution in [1.82, 2.24) is 9.78 Å². The van der Waals surface area contributed by atoms with Gasteiger partial charge >= 0.3 is 5.97 Å². The number of benzene rings is 1. The number of thioether (sulfide) groups is 1. The number of rotatable bonds is 2. The van der Waals surface area contributed by atoms with Gasteiger partial charge in [-0.1, -0.05) is 6.92 Å². The van der Waals surface area contributed by atoms with Gasteiger partial charge in [-0.15, -0.1) is 11.8 Å². The van der Waals surface area contributed by atoms with E-state index in [1.165, 1.54) is 12.1 Å². The van der Waals surface area contributed by atoms with Gasteiger partial charge in [-0.05, 0) is 24.6 Å². The lowest BCUT2D eigenvalue weighted by atomic mass is 10.0. The molecule has 1 atom stereocenters. The number of carbonyl (C=O) groups is 1. The van der Waals surface area contributed by atoms with E-state index in [1.54, 1.807) is 29.6 Å². The first-order valence-electron chi connectivity index (χ1n) is 6.29. The second-order valence-electron chi connectivity index (χ2n) is 4.69. The van der Waals surface area contributed by atoms with Crippen LogP contribution in [0.1, 0.15) is 34.6 Å². The number of nitrogens with zero attached hydrogens (tertiary/aromatic N) is 2. The average molecular weight is 292 g/mol. The Hall–Kier alpha value is -1.82. The number of fused-ring (bicyclic) bond motifs is 3. The van der Waals surface area contributed by atoms with Crippen LogP contribution in [0.4, 0.5) is 4.39 Å². The number of aromatic nitrogens is 2. The predicted octanol–water partition coefficient (Wildman–Crippen LogP) is 3.48.